The molecule has 0 heterocycles. The van der Waals surface area contributed by atoms with Crippen LogP contribution in [0.15, 0.2) is 42.0 Å². The van der Waals surface area contributed by atoms with Crippen molar-refractivity contribution in [3.05, 3.63) is 47.5 Å². The Morgan fingerprint density at radius 1 is 1.28 bits per heavy atom. The second kappa shape index (κ2) is 9.84. The van der Waals surface area contributed by atoms with Crippen molar-refractivity contribution in [1.82, 2.24) is 0 Å². The summed E-state index contributed by atoms with van der Waals surface area (Å²) in [5.41, 5.74) is 2.84. The van der Waals surface area contributed by atoms with Gasteiger partial charge in [-0.3, -0.25) is 4.79 Å². The molecule has 3 nitrogen and oxygen atoms in total. The number of ketones is 1. The van der Waals surface area contributed by atoms with Gasteiger partial charge in [-0.2, -0.15) is 0 Å². The predicted molar refractivity (Wildman–Crippen MR) is 116 cm³/mol. The number of hydrogen-bond acceptors (Lipinski definition) is 3. The van der Waals surface area contributed by atoms with Gasteiger partial charge in [-0.1, -0.05) is 48.9 Å². The van der Waals surface area contributed by atoms with Crippen molar-refractivity contribution in [2.24, 2.45) is 23.2 Å². The number of Topliss-reactive ketones (excluding diaryl/α,β-unsaturated/α-hetero) is 1. The van der Waals surface area contributed by atoms with Crippen LogP contribution >= 0.6 is 0 Å². The Morgan fingerprint density at radius 2 is 2.03 bits per heavy atom. The minimum atomic E-state index is 0.119. The number of benzene rings is 1. The molecule has 0 aliphatic heterocycles. The van der Waals surface area contributed by atoms with Crippen LogP contribution in [-0.2, 0) is 20.9 Å². The van der Waals surface area contributed by atoms with Gasteiger partial charge in [0.25, 0.3) is 0 Å². The molecule has 3 heteroatoms. The van der Waals surface area contributed by atoms with E-state index < -0.39 is 0 Å². The predicted octanol–water partition coefficient (Wildman–Crippen LogP) is 5.92. The second-order valence-electron chi connectivity index (χ2n) is 9.50. The van der Waals surface area contributed by atoms with E-state index in [2.05, 4.69) is 32.1 Å². The van der Waals surface area contributed by atoms with Crippen LogP contribution in [0.5, 0.6) is 0 Å². The monoisotopic (exact) mass is 396 g/mol. The molecule has 2 aliphatic carbocycles. The molecule has 2 unspecified atom stereocenters. The average molecular weight is 397 g/mol. The number of hydrogen-bond donors (Lipinski definition) is 0. The van der Waals surface area contributed by atoms with Gasteiger partial charge in [0, 0.05) is 12.3 Å². The van der Waals surface area contributed by atoms with Gasteiger partial charge in [0.2, 0.25) is 0 Å². The zero-order valence-corrected chi connectivity index (χ0v) is 18.2. The SMILES string of the molecule is CC(=O)[C@@H]1CC[C@]2(C)CC(CCC(CCC=O)OCc3ccccc3)C=C(C)[C@H]12. The lowest BCUT2D eigenvalue weighted by Gasteiger charge is -2.41. The van der Waals surface area contributed by atoms with Gasteiger partial charge in [-0.25, -0.2) is 0 Å². The number of allylic oxidation sites excluding steroid dienone is 2. The maximum atomic E-state index is 12.1. The molecule has 3 rings (SSSR count). The smallest absolute Gasteiger partial charge is 0.133 e. The summed E-state index contributed by atoms with van der Waals surface area (Å²) in [4.78, 5) is 23.0. The second-order valence-corrected chi connectivity index (χ2v) is 9.50. The highest BCUT2D eigenvalue weighted by atomic mass is 16.5. The van der Waals surface area contributed by atoms with Crippen molar-refractivity contribution >= 4 is 12.1 Å². The minimum Gasteiger partial charge on any atom is -0.374 e. The van der Waals surface area contributed by atoms with Crippen LogP contribution in [0.3, 0.4) is 0 Å². The molecule has 158 valence electrons. The number of carbonyl (C=O) groups is 2. The third-order valence-corrected chi connectivity index (χ3v) is 7.21. The quantitative estimate of drug-likeness (QED) is 0.364. The van der Waals surface area contributed by atoms with Crippen molar-refractivity contribution in [2.45, 2.75) is 78.4 Å². The zero-order valence-electron chi connectivity index (χ0n) is 18.2. The standard InChI is InChI=1S/C26H36O3/c1-19-16-22(17-26(3)14-13-24(20(2)28)25(19)26)11-12-23(10-7-15-27)29-18-21-8-5-4-6-9-21/h4-6,8-9,15-16,22-25H,7,10-14,17-18H2,1-3H3/t22?,23?,24-,25+,26+/m0/s1. The summed E-state index contributed by atoms with van der Waals surface area (Å²) < 4.78 is 6.18. The Labute approximate surface area is 175 Å². The first-order chi connectivity index (χ1) is 13.9. The van der Waals surface area contributed by atoms with E-state index in [-0.39, 0.29) is 17.4 Å². The minimum absolute atomic E-state index is 0.119. The molecule has 0 amide bonds. The highest BCUT2D eigenvalue weighted by Gasteiger charge is 2.49. The lowest BCUT2D eigenvalue weighted by atomic mass is 9.63. The molecule has 0 spiro atoms. The lowest BCUT2D eigenvalue weighted by molar-refractivity contribution is -0.122. The molecule has 1 saturated carbocycles. The lowest BCUT2D eigenvalue weighted by Crippen LogP contribution is -2.34. The molecule has 29 heavy (non-hydrogen) atoms. The fourth-order valence-electron chi connectivity index (χ4n) is 5.90. The van der Waals surface area contributed by atoms with Crippen molar-refractivity contribution in [3.8, 4) is 0 Å². The Balaban J connectivity index is 1.59. The van der Waals surface area contributed by atoms with Crippen molar-refractivity contribution in [2.75, 3.05) is 0 Å². The normalized spacial score (nSPS) is 29.8. The van der Waals surface area contributed by atoms with Crippen molar-refractivity contribution < 1.29 is 14.3 Å². The number of carbonyl (C=O) groups excluding carboxylic acids is 2. The van der Waals surface area contributed by atoms with Gasteiger partial charge in [-0.15, -0.1) is 0 Å². The Morgan fingerprint density at radius 3 is 2.72 bits per heavy atom. The van der Waals surface area contributed by atoms with Gasteiger partial charge in [0.05, 0.1) is 12.7 Å². The zero-order chi connectivity index (χ0) is 20.9. The van der Waals surface area contributed by atoms with E-state index in [9.17, 15) is 9.59 Å². The average Bonchev–Trinajstić information content (AvgIpc) is 3.06. The van der Waals surface area contributed by atoms with E-state index in [1.54, 1.807) is 6.92 Å². The van der Waals surface area contributed by atoms with Crippen LogP contribution in [0.1, 0.15) is 71.3 Å². The maximum absolute atomic E-state index is 12.1. The number of fused-ring (bicyclic) bond motifs is 1. The van der Waals surface area contributed by atoms with Crippen LogP contribution in [0.4, 0.5) is 0 Å². The van der Waals surface area contributed by atoms with Gasteiger partial charge < -0.3 is 9.53 Å². The van der Waals surface area contributed by atoms with Gasteiger partial charge in [-0.05, 0) is 75.2 Å². The van der Waals surface area contributed by atoms with E-state index >= 15 is 0 Å². The fourth-order valence-corrected chi connectivity index (χ4v) is 5.90. The summed E-state index contributed by atoms with van der Waals surface area (Å²) in [6.07, 6.45) is 10.3. The number of rotatable bonds is 10. The van der Waals surface area contributed by atoms with Gasteiger partial charge in [0.15, 0.2) is 0 Å². The highest BCUT2D eigenvalue weighted by Crippen LogP contribution is 2.57. The molecule has 2 aliphatic rings. The van der Waals surface area contributed by atoms with Crippen LogP contribution in [0.2, 0.25) is 0 Å². The van der Waals surface area contributed by atoms with Gasteiger partial charge >= 0.3 is 0 Å². The first-order valence-corrected chi connectivity index (χ1v) is 11.2. The summed E-state index contributed by atoms with van der Waals surface area (Å²) in [5.74, 6) is 1.54. The largest absolute Gasteiger partial charge is 0.374 e. The Kier molecular flexibility index (Phi) is 7.45. The van der Waals surface area contributed by atoms with E-state index in [0.29, 0.717) is 30.6 Å². The Hall–Kier alpha value is -1.74. The summed E-state index contributed by atoms with van der Waals surface area (Å²) >= 11 is 0. The summed E-state index contributed by atoms with van der Waals surface area (Å²) in [6, 6.07) is 10.2. The summed E-state index contributed by atoms with van der Waals surface area (Å²) in [7, 11) is 0. The van der Waals surface area contributed by atoms with E-state index in [4.69, 9.17) is 4.74 Å². The molecular formula is C26H36O3. The summed E-state index contributed by atoms with van der Waals surface area (Å²) in [6.45, 7) is 6.98. The molecule has 0 aromatic heterocycles. The molecule has 0 radical (unpaired) electrons. The van der Waals surface area contributed by atoms with Crippen molar-refractivity contribution in [3.63, 3.8) is 0 Å². The van der Waals surface area contributed by atoms with Crippen molar-refractivity contribution in [1.29, 1.82) is 0 Å². The number of aldehydes is 1. The molecule has 1 aromatic carbocycles. The van der Waals surface area contributed by atoms with E-state index in [1.807, 2.05) is 18.2 Å². The number of ether oxygens (including phenoxy) is 1. The molecule has 1 fully saturated rings. The van der Waals surface area contributed by atoms with E-state index in [1.165, 1.54) is 11.1 Å². The molecule has 0 N–H and O–H groups in total. The molecule has 5 atom stereocenters. The first kappa shape index (κ1) is 22.0. The third kappa shape index (κ3) is 5.45. The van der Waals surface area contributed by atoms with E-state index in [0.717, 1.165) is 44.8 Å². The molecule has 0 saturated heterocycles. The topological polar surface area (TPSA) is 43.4 Å². The van der Waals surface area contributed by atoms with Crippen LogP contribution in [0, 0.1) is 23.2 Å². The summed E-state index contributed by atoms with van der Waals surface area (Å²) in [5, 5.41) is 0. The fraction of sp³-hybridized carbons (Fsp3) is 0.615. The van der Waals surface area contributed by atoms with Crippen LogP contribution < -0.4 is 0 Å². The van der Waals surface area contributed by atoms with Crippen LogP contribution in [0.25, 0.3) is 0 Å². The van der Waals surface area contributed by atoms with Crippen LogP contribution in [-0.4, -0.2) is 18.2 Å². The molecule has 0 bridgehead atoms. The molecule has 1 aromatic rings. The third-order valence-electron chi connectivity index (χ3n) is 7.21. The van der Waals surface area contributed by atoms with Gasteiger partial charge in [0.1, 0.15) is 12.1 Å². The molecular weight excluding hydrogens is 360 g/mol. The first-order valence-electron chi connectivity index (χ1n) is 11.2. The Bertz CT molecular complexity index is 723. The maximum Gasteiger partial charge on any atom is 0.133 e. The highest BCUT2D eigenvalue weighted by molar-refractivity contribution is 5.79.